The van der Waals surface area contributed by atoms with E-state index in [1.54, 1.807) is 6.07 Å². The van der Waals surface area contributed by atoms with Crippen molar-refractivity contribution in [2.45, 2.75) is 6.54 Å². The Kier molecular flexibility index (Phi) is 4.86. The van der Waals surface area contributed by atoms with Crippen LogP contribution in [0.25, 0.3) is 0 Å². The molecule has 1 N–H and O–H groups in total. The number of hydrogen-bond acceptors (Lipinski definition) is 4. The van der Waals surface area contributed by atoms with Crippen molar-refractivity contribution < 1.29 is 9.50 Å². The fourth-order valence-corrected chi connectivity index (χ4v) is 2.32. The highest BCUT2D eigenvalue weighted by atomic mass is 19.1. The quantitative estimate of drug-likeness (QED) is 0.873. The molecule has 1 aliphatic heterocycles. The minimum Gasteiger partial charge on any atom is -0.395 e. The summed E-state index contributed by atoms with van der Waals surface area (Å²) >= 11 is 0. The van der Waals surface area contributed by atoms with Gasteiger partial charge in [-0.15, -0.1) is 0 Å². The normalized spacial score (nSPS) is 17.3. The van der Waals surface area contributed by atoms with Crippen LogP contribution in [0.1, 0.15) is 11.1 Å². The monoisotopic (exact) mass is 263 g/mol. The first-order chi connectivity index (χ1) is 9.22. The number of benzene rings is 1. The molecule has 0 saturated carbocycles. The van der Waals surface area contributed by atoms with Gasteiger partial charge in [0.05, 0.1) is 18.2 Å². The van der Waals surface area contributed by atoms with Gasteiger partial charge in [-0.2, -0.15) is 5.26 Å². The summed E-state index contributed by atoms with van der Waals surface area (Å²) in [4.78, 5) is 4.37. The lowest BCUT2D eigenvalue weighted by molar-refractivity contribution is 0.108. The SMILES string of the molecule is N#Cc1ccc(F)c(CN2CCN(CCO)CC2)c1. The van der Waals surface area contributed by atoms with Crippen molar-refractivity contribution in [1.82, 2.24) is 9.80 Å². The maximum Gasteiger partial charge on any atom is 0.127 e. The Balaban J connectivity index is 1.94. The number of hydrogen-bond donors (Lipinski definition) is 1. The van der Waals surface area contributed by atoms with Gasteiger partial charge in [0, 0.05) is 44.8 Å². The number of rotatable bonds is 4. The van der Waals surface area contributed by atoms with Crippen molar-refractivity contribution >= 4 is 0 Å². The number of halogens is 1. The van der Waals surface area contributed by atoms with E-state index >= 15 is 0 Å². The van der Waals surface area contributed by atoms with Gasteiger partial charge in [0.1, 0.15) is 5.82 Å². The molecule has 0 unspecified atom stereocenters. The lowest BCUT2D eigenvalue weighted by Crippen LogP contribution is -2.46. The smallest absolute Gasteiger partial charge is 0.127 e. The van der Waals surface area contributed by atoms with Gasteiger partial charge in [-0.3, -0.25) is 9.80 Å². The molecule has 0 aliphatic carbocycles. The van der Waals surface area contributed by atoms with E-state index in [-0.39, 0.29) is 12.4 Å². The summed E-state index contributed by atoms with van der Waals surface area (Å²) in [6.45, 7) is 4.91. The molecule has 0 atom stereocenters. The van der Waals surface area contributed by atoms with E-state index in [9.17, 15) is 4.39 Å². The molecule has 1 aromatic carbocycles. The van der Waals surface area contributed by atoms with Gasteiger partial charge in [0.25, 0.3) is 0 Å². The van der Waals surface area contributed by atoms with Crippen molar-refractivity contribution in [2.75, 3.05) is 39.3 Å². The summed E-state index contributed by atoms with van der Waals surface area (Å²) in [5.41, 5.74) is 1.07. The van der Waals surface area contributed by atoms with Crippen LogP contribution < -0.4 is 0 Å². The third-order valence-electron chi connectivity index (χ3n) is 3.45. The Morgan fingerprint density at radius 3 is 2.53 bits per heavy atom. The molecule has 0 radical (unpaired) electrons. The zero-order chi connectivity index (χ0) is 13.7. The number of aliphatic hydroxyl groups is 1. The molecule has 102 valence electrons. The molecule has 0 spiro atoms. The fraction of sp³-hybridized carbons (Fsp3) is 0.500. The maximum absolute atomic E-state index is 13.7. The Morgan fingerprint density at radius 2 is 1.89 bits per heavy atom. The highest BCUT2D eigenvalue weighted by molar-refractivity contribution is 5.33. The summed E-state index contributed by atoms with van der Waals surface area (Å²) in [7, 11) is 0. The Labute approximate surface area is 112 Å². The lowest BCUT2D eigenvalue weighted by atomic mass is 10.1. The Morgan fingerprint density at radius 1 is 1.21 bits per heavy atom. The standard InChI is InChI=1S/C14H18FN3O/c15-14-2-1-12(10-16)9-13(14)11-18-5-3-17(4-6-18)7-8-19/h1-2,9,19H,3-8,11H2. The largest absolute Gasteiger partial charge is 0.395 e. The fourth-order valence-electron chi connectivity index (χ4n) is 2.32. The van der Waals surface area contributed by atoms with Gasteiger partial charge in [-0.25, -0.2) is 4.39 Å². The first-order valence-corrected chi connectivity index (χ1v) is 6.47. The highest BCUT2D eigenvalue weighted by Crippen LogP contribution is 2.14. The van der Waals surface area contributed by atoms with Crippen molar-refractivity contribution in [3.05, 3.63) is 35.1 Å². The lowest BCUT2D eigenvalue weighted by Gasteiger charge is -2.34. The van der Waals surface area contributed by atoms with Crippen molar-refractivity contribution in [3.8, 4) is 6.07 Å². The minimum absolute atomic E-state index is 0.179. The molecule has 5 heteroatoms. The minimum atomic E-state index is -0.253. The number of nitrogens with zero attached hydrogens (tertiary/aromatic N) is 3. The first kappa shape index (κ1) is 13.9. The summed E-state index contributed by atoms with van der Waals surface area (Å²) in [5.74, 6) is -0.253. The number of β-amino-alcohol motifs (C(OH)–C–C–N with tert-alkyl or cyclic N) is 1. The summed E-state index contributed by atoms with van der Waals surface area (Å²) in [5, 5.41) is 17.7. The number of aliphatic hydroxyl groups excluding tert-OH is 1. The van der Waals surface area contributed by atoms with E-state index in [1.165, 1.54) is 12.1 Å². The van der Waals surface area contributed by atoms with Crippen LogP contribution in [0, 0.1) is 17.1 Å². The molecule has 1 aliphatic rings. The molecule has 0 bridgehead atoms. The van der Waals surface area contributed by atoms with E-state index in [0.717, 1.165) is 26.2 Å². The van der Waals surface area contributed by atoms with Gasteiger partial charge in [-0.05, 0) is 18.2 Å². The zero-order valence-electron chi connectivity index (χ0n) is 10.8. The number of piperazine rings is 1. The molecule has 1 heterocycles. The number of nitriles is 1. The van der Waals surface area contributed by atoms with Crippen molar-refractivity contribution in [3.63, 3.8) is 0 Å². The van der Waals surface area contributed by atoms with Gasteiger partial charge in [-0.1, -0.05) is 0 Å². The van der Waals surface area contributed by atoms with E-state index < -0.39 is 0 Å². The van der Waals surface area contributed by atoms with E-state index in [2.05, 4.69) is 9.80 Å². The molecular weight excluding hydrogens is 245 g/mol. The second kappa shape index (κ2) is 6.62. The van der Waals surface area contributed by atoms with Crippen molar-refractivity contribution in [1.29, 1.82) is 5.26 Å². The molecule has 1 aromatic rings. The van der Waals surface area contributed by atoms with Crippen LogP contribution in [0.15, 0.2) is 18.2 Å². The van der Waals surface area contributed by atoms with Crippen LogP contribution in [-0.2, 0) is 6.54 Å². The molecule has 0 amide bonds. The Bertz CT molecular complexity index is 464. The van der Waals surface area contributed by atoms with Gasteiger partial charge in [0.2, 0.25) is 0 Å². The van der Waals surface area contributed by atoms with Gasteiger partial charge in [0.15, 0.2) is 0 Å². The topological polar surface area (TPSA) is 50.5 Å². The second-order valence-corrected chi connectivity index (χ2v) is 4.76. The third-order valence-corrected chi connectivity index (χ3v) is 3.45. The first-order valence-electron chi connectivity index (χ1n) is 6.47. The molecule has 1 fully saturated rings. The van der Waals surface area contributed by atoms with Gasteiger partial charge >= 0.3 is 0 Å². The van der Waals surface area contributed by atoms with Crippen LogP contribution in [0.2, 0.25) is 0 Å². The third kappa shape index (κ3) is 3.74. The average molecular weight is 263 g/mol. The predicted molar refractivity (Wildman–Crippen MR) is 69.9 cm³/mol. The van der Waals surface area contributed by atoms with Crippen LogP contribution in [0.5, 0.6) is 0 Å². The van der Waals surface area contributed by atoms with Crippen LogP contribution >= 0.6 is 0 Å². The molecule has 19 heavy (non-hydrogen) atoms. The summed E-state index contributed by atoms with van der Waals surface area (Å²) < 4.78 is 13.7. The van der Waals surface area contributed by atoms with Crippen LogP contribution in [0.3, 0.4) is 0 Å². The van der Waals surface area contributed by atoms with Crippen LogP contribution in [0.4, 0.5) is 4.39 Å². The zero-order valence-corrected chi connectivity index (χ0v) is 10.8. The van der Waals surface area contributed by atoms with E-state index in [4.69, 9.17) is 10.4 Å². The molecule has 1 saturated heterocycles. The van der Waals surface area contributed by atoms with E-state index in [1.807, 2.05) is 6.07 Å². The van der Waals surface area contributed by atoms with Gasteiger partial charge < -0.3 is 5.11 Å². The van der Waals surface area contributed by atoms with Crippen LogP contribution in [-0.4, -0.2) is 54.2 Å². The molecule has 0 aromatic heterocycles. The summed E-state index contributed by atoms with van der Waals surface area (Å²) in [6.07, 6.45) is 0. The van der Waals surface area contributed by atoms with E-state index in [0.29, 0.717) is 24.2 Å². The summed E-state index contributed by atoms with van der Waals surface area (Å²) in [6, 6.07) is 6.51. The molecular formula is C14H18FN3O. The molecule has 4 nitrogen and oxygen atoms in total. The average Bonchev–Trinajstić information content (AvgIpc) is 2.44. The molecule has 2 rings (SSSR count). The second-order valence-electron chi connectivity index (χ2n) is 4.76. The Hall–Kier alpha value is -1.48. The maximum atomic E-state index is 13.7. The predicted octanol–water partition coefficient (Wildman–Crippen LogP) is 0.807. The highest BCUT2D eigenvalue weighted by Gasteiger charge is 2.17. The van der Waals surface area contributed by atoms with Crippen molar-refractivity contribution in [2.24, 2.45) is 0 Å².